The maximum absolute atomic E-state index is 13.9. The number of carbonyl (C=O) groups is 2. The molecule has 0 spiro atoms. The molecule has 3 aromatic rings. The molecule has 2 amide bonds. The quantitative estimate of drug-likeness (QED) is 0.364. The van der Waals surface area contributed by atoms with Gasteiger partial charge in [-0.1, -0.05) is 74.0 Å². The van der Waals surface area contributed by atoms with Gasteiger partial charge in [-0.3, -0.25) is 13.9 Å². The minimum Gasteiger partial charge on any atom is -0.354 e. The Morgan fingerprint density at radius 3 is 2.05 bits per heavy atom. The average molecular weight is 536 g/mol. The zero-order valence-corrected chi connectivity index (χ0v) is 23.4. The standard InChI is InChI=1S/C30H37N3O4S/c1-5-20-31-30(35)24(4)32(21-26-14-12-23(3)13-15-26)29(34)22-33(27-18-16-25(6-2)17-19-27)38(36,37)28-10-8-7-9-11-28/h7-19,24H,5-6,20-22H2,1-4H3,(H,31,35)/t24-/m1/s1. The van der Waals surface area contributed by atoms with E-state index in [0.717, 1.165) is 33.8 Å². The van der Waals surface area contributed by atoms with Crippen molar-refractivity contribution in [3.8, 4) is 0 Å². The van der Waals surface area contributed by atoms with E-state index < -0.39 is 28.5 Å². The lowest BCUT2D eigenvalue weighted by atomic mass is 10.1. The van der Waals surface area contributed by atoms with Gasteiger partial charge >= 0.3 is 0 Å². The van der Waals surface area contributed by atoms with Gasteiger partial charge < -0.3 is 10.2 Å². The number of benzene rings is 3. The first kappa shape index (κ1) is 28.9. The van der Waals surface area contributed by atoms with Crippen molar-refractivity contribution in [2.24, 2.45) is 0 Å². The predicted molar refractivity (Wildman–Crippen MR) is 151 cm³/mol. The van der Waals surface area contributed by atoms with Crippen molar-refractivity contribution in [2.75, 3.05) is 17.4 Å². The van der Waals surface area contributed by atoms with Gasteiger partial charge in [-0.25, -0.2) is 8.42 Å². The molecule has 8 heteroatoms. The van der Waals surface area contributed by atoms with Crippen LogP contribution in [0.2, 0.25) is 0 Å². The number of rotatable bonds is 12. The highest BCUT2D eigenvalue weighted by Gasteiger charge is 2.32. The van der Waals surface area contributed by atoms with Gasteiger partial charge in [0.1, 0.15) is 12.6 Å². The molecule has 0 saturated carbocycles. The van der Waals surface area contributed by atoms with Gasteiger partial charge in [-0.2, -0.15) is 0 Å². The number of carbonyl (C=O) groups excluding carboxylic acids is 2. The number of hydrogen-bond acceptors (Lipinski definition) is 4. The van der Waals surface area contributed by atoms with E-state index in [2.05, 4.69) is 5.32 Å². The molecule has 7 nitrogen and oxygen atoms in total. The number of amides is 2. The van der Waals surface area contributed by atoms with Crippen molar-refractivity contribution < 1.29 is 18.0 Å². The van der Waals surface area contributed by atoms with Crippen LogP contribution in [-0.2, 0) is 32.6 Å². The lowest BCUT2D eigenvalue weighted by molar-refractivity contribution is -0.139. The highest BCUT2D eigenvalue weighted by atomic mass is 32.2. The molecule has 1 atom stereocenters. The van der Waals surface area contributed by atoms with Crippen LogP contribution in [-0.4, -0.2) is 44.3 Å². The van der Waals surface area contributed by atoms with Crippen LogP contribution in [0.1, 0.15) is 43.9 Å². The number of aryl methyl sites for hydroxylation is 2. The third kappa shape index (κ3) is 7.22. The molecule has 38 heavy (non-hydrogen) atoms. The highest BCUT2D eigenvalue weighted by molar-refractivity contribution is 7.92. The second-order valence-corrected chi connectivity index (χ2v) is 11.2. The summed E-state index contributed by atoms with van der Waals surface area (Å²) in [5, 5.41) is 2.85. The molecule has 0 fully saturated rings. The third-order valence-electron chi connectivity index (χ3n) is 6.43. The molecule has 0 unspecified atom stereocenters. The van der Waals surface area contributed by atoms with Gasteiger partial charge in [0.25, 0.3) is 10.0 Å². The maximum atomic E-state index is 13.9. The Morgan fingerprint density at radius 2 is 1.47 bits per heavy atom. The molecule has 0 aliphatic carbocycles. The van der Waals surface area contributed by atoms with Crippen LogP contribution in [0.25, 0.3) is 0 Å². The molecule has 0 aliphatic rings. The van der Waals surface area contributed by atoms with Crippen molar-refractivity contribution in [1.82, 2.24) is 10.2 Å². The summed E-state index contributed by atoms with van der Waals surface area (Å²) in [6, 6.07) is 22.1. The van der Waals surface area contributed by atoms with Gasteiger partial charge in [0.2, 0.25) is 11.8 Å². The molecule has 0 saturated heterocycles. The molecule has 0 heterocycles. The summed E-state index contributed by atoms with van der Waals surface area (Å²) in [5.41, 5.74) is 3.37. The smallest absolute Gasteiger partial charge is 0.264 e. The topological polar surface area (TPSA) is 86.8 Å². The predicted octanol–water partition coefficient (Wildman–Crippen LogP) is 4.70. The zero-order chi connectivity index (χ0) is 27.7. The van der Waals surface area contributed by atoms with E-state index in [-0.39, 0.29) is 17.3 Å². The van der Waals surface area contributed by atoms with Crippen LogP contribution >= 0.6 is 0 Å². The molecule has 0 radical (unpaired) electrons. The zero-order valence-electron chi connectivity index (χ0n) is 22.6. The summed E-state index contributed by atoms with van der Waals surface area (Å²) in [7, 11) is -4.06. The van der Waals surface area contributed by atoms with Gasteiger partial charge in [-0.15, -0.1) is 0 Å². The van der Waals surface area contributed by atoms with Crippen LogP contribution in [0.4, 0.5) is 5.69 Å². The monoisotopic (exact) mass is 535 g/mol. The Bertz CT molecular complexity index is 1310. The van der Waals surface area contributed by atoms with E-state index in [0.29, 0.717) is 12.2 Å². The Hall–Kier alpha value is -3.65. The fourth-order valence-corrected chi connectivity index (χ4v) is 5.45. The van der Waals surface area contributed by atoms with Crippen molar-refractivity contribution >= 4 is 27.5 Å². The Kier molecular flexibility index (Phi) is 10.1. The van der Waals surface area contributed by atoms with Gasteiger partial charge in [0, 0.05) is 13.1 Å². The molecular weight excluding hydrogens is 498 g/mol. The number of sulfonamides is 1. The molecule has 0 aromatic heterocycles. The highest BCUT2D eigenvalue weighted by Crippen LogP contribution is 2.25. The van der Waals surface area contributed by atoms with Crippen molar-refractivity contribution in [1.29, 1.82) is 0 Å². The number of nitrogens with one attached hydrogen (secondary N) is 1. The third-order valence-corrected chi connectivity index (χ3v) is 8.22. The van der Waals surface area contributed by atoms with Crippen molar-refractivity contribution in [3.63, 3.8) is 0 Å². The molecule has 0 aliphatic heterocycles. The Balaban J connectivity index is 2.00. The van der Waals surface area contributed by atoms with Gasteiger partial charge in [0.15, 0.2) is 0 Å². The molecule has 0 bridgehead atoms. The second kappa shape index (κ2) is 13.2. The minimum atomic E-state index is -4.06. The van der Waals surface area contributed by atoms with Crippen LogP contribution in [0.3, 0.4) is 0 Å². The lowest BCUT2D eigenvalue weighted by Crippen LogP contribution is -2.51. The summed E-state index contributed by atoms with van der Waals surface area (Å²) in [4.78, 5) is 28.3. The molecular formula is C30H37N3O4S. The fraction of sp³-hybridized carbons (Fsp3) is 0.333. The number of nitrogens with zero attached hydrogens (tertiary/aromatic N) is 2. The normalized spacial score (nSPS) is 12.0. The fourth-order valence-electron chi connectivity index (χ4n) is 4.02. The van der Waals surface area contributed by atoms with E-state index in [9.17, 15) is 18.0 Å². The minimum absolute atomic E-state index is 0.0891. The molecule has 1 N–H and O–H groups in total. The average Bonchev–Trinajstić information content (AvgIpc) is 2.94. The number of anilines is 1. The first-order chi connectivity index (χ1) is 18.2. The van der Waals surface area contributed by atoms with Crippen LogP contribution < -0.4 is 9.62 Å². The molecule has 3 aromatic carbocycles. The maximum Gasteiger partial charge on any atom is 0.264 e. The van der Waals surface area contributed by atoms with Gasteiger partial charge in [-0.05, 0) is 62.1 Å². The first-order valence-corrected chi connectivity index (χ1v) is 14.4. The Labute approximate surface area is 226 Å². The van der Waals surface area contributed by atoms with Crippen molar-refractivity contribution in [2.45, 2.75) is 58.0 Å². The van der Waals surface area contributed by atoms with Crippen LogP contribution in [0.15, 0.2) is 83.8 Å². The molecule has 202 valence electrons. The van der Waals surface area contributed by atoms with E-state index in [4.69, 9.17) is 0 Å². The van der Waals surface area contributed by atoms with Crippen LogP contribution in [0, 0.1) is 6.92 Å². The van der Waals surface area contributed by atoms with E-state index in [1.165, 1.54) is 17.0 Å². The summed E-state index contributed by atoms with van der Waals surface area (Å²) in [6.45, 7) is 7.84. The van der Waals surface area contributed by atoms with E-state index in [1.807, 2.05) is 57.2 Å². The van der Waals surface area contributed by atoms with Crippen LogP contribution in [0.5, 0.6) is 0 Å². The van der Waals surface area contributed by atoms with E-state index in [1.54, 1.807) is 37.3 Å². The SMILES string of the molecule is CCCNC(=O)[C@@H](C)N(Cc1ccc(C)cc1)C(=O)CN(c1ccc(CC)cc1)S(=O)(=O)c1ccccc1. The lowest BCUT2D eigenvalue weighted by Gasteiger charge is -2.32. The summed E-state index contributed by atoms with van der Waals surface area (Å²) >= 11 is 0. The summed E-state index contributed by atoms with van der Waals surface area (Å²) in [5.74, 6) is -0.749. The van der Waals surface area contributed by atoms with E-state index >= 15 is 0 Å². The Morgan fingerprint density at radius 1 is 0.868 bits per heavy atom. The van der Waals surface area contributed by atoms with Gasteiger partial charge in [0.05, 0.1) is 10.6 Å². The second-order valence-electron chi connectivity index (χ2n) is 9.32. The first-order valence-electron chi connectivity index (χ1n) is 13.0. The number of hydrogen-bond donors (Lipinski definition) is 1. The largest absolute Gasteiger partial charge is 0.354 e. The summed E-state index contributed by atoms with van der Waals surface area (Å²) < 4.78 is 28.7. The van der Waals surface area contributed by atoms with Crippen molar-refractivity contribution in [3.05, 3.63) is 95.6 Å². The summed E-state index contributed by atoms with van der Waals surface area (Å²) in [6.07, 6.45) is 1.57. The molecule has 3 rings (SSSR count).